The van der Waals surface area contributed by atoms with Crippen LogP contribution >= 0.6 is 11.3 Å². The standard InChI is InChI=1S/C20H21FN4O2S/c1-12-11-28-20(23-12)13(2)24-19(26)16-8-10-27-18(16)17-7-9-22-25(17)15-5-3-14(21)4-6-15/h3-7,9,11,13,16,18H,8,10H2,1-2H3,(H,24,26)/t13-,16+,18+/m1/s1. The van der Waals surface area contributed by atoms with Crippen LogP contribution in [-0.4, -0.2) is 27.3 Å². The number of benzene rings is 1. The van der Waals surface area contributed by atoms with Crippen molar-refractivity contribution in [2.24, 2.45) is 5.92 Å². The average molecular weight is 400 g/mol. The van der Waals surface area contributed by atoms with Crippen LogP contribution in [0.2, 0.25) is 0 Å². The number of amides is 1. The number of carbonyl (C=O) groups is 1. The Morgan fingerprint density at radius 2 is 2.14 bits per heavy atom. The number of rotatable bonds is 5. The van der Waals surface area contributed by atoms with E-state index in [0.717, 1.165) is 22.1 Å². The molecule has 1 amide bonds. The van der Waals surface area contributed by atoms with Crippen LogP contribution in [0.25, 0.3) is 5.69 Å². The van der Waals surface area contributed by atoms with E-state index in [4.69, 9.17) is 4.74 Å². The molecule has 2 aromatic heterocycles. The average Bonchev–Trinajstić information content (AvgIpc) is 3.41. The maximum atomic E-state index is 13.2. The molecule has 1 aliphatic rings. The lowest BCUT2D eigenvalue weighted by Gasteiger charge is -2.21. The highest BCUT2D eigenvalue weighted by Crippen LogP contribution is 2.36. The summed E-state index contributed by atoms with van der Waals surface area (Å²) in [5, 5.41) is 10.3. The molecular formula is C20H21FN4O2S. The van der Waals surface area contributed by atoms with Crippen molar-refractivity contribution in [1.29, 1.82) is 0 Å². The highest BCUT2D eigenvalue weighted by molar-refractivity contribution is 7.09. The van der Waals surface area contributed by atoms with Gasteiger partial charge in [0.25, 0.3) is 0 Å². The molecule has 1 N–H and O–H groups in total. The summed E-state index contributed by atoms with van der Waals surface area (Å²) in [7, 11) is 0. The molecule has 0 spiro atoms. The van der Waals surface area contributed by atoms with E-state index in [-0.39, 0.29) is 23.7 Å². The van der Waals surface area contributed by atoms with Crippen molar-refractivity contribution in [3.05, 3.63) is 64.1 Å². The second kappa shape index (κ2) is 7.81. The molecule has 1 aliphatic heterocycles. The Balaban J connectivity index is 1.53. The minimum absolute atomic E-state index is 0.0605. The zero-order valence-corrected chi connectivity index (χ0v) is 16.4. The van der Waals surface area contributed by atoms with E-state index in [1.54, 1.807) is 23.0 Å². The van der Waals surface area contributed by atoms with Gasteiger partial charge in [0.15, 0.2) is 0 Å². The molecule has 6 nitrogen and oxygen atoms in total. The lowest BCUT2D eigenvalue weighted by Crippen LogP contribution is -2.34. The van der Waals surface area contributed by atoms with Crippen molar-refractivity contribution in [3.8, 4) is 5.69 Å². The SMILES string of the molecule is Cc1csc([C@@H](C)NC(=O)[C@H]2CCO[C@@H]2c2ccnn2-c2ccc(F)cc2)n1. The topological polar surface area (TPSA) is 69.0 Å². The summed E-state index contributed by atoms with van der Waals surface area (Å²) in [4.78, 5) is 17.4. The summed E-state index contributed by atoms with van der Waals surface area (Å²) in [6.07, 6.45) is 1.89. The molecule has 8 heteroatoms. The molecule has 0 bridgehead atoms. The summed E-state index contributed by atoms with van der Waals surface area (Å²) >= 11 is 1.54. The number of hydrogen-bond acceptors (Lipinski definition) is 5. The lowest BCUT2D eigenvalue weighted by molar-refractivity contribution is -0.127. The molecule has 0 unspecified atom stereocenters. The molecular weight excluding hydrogens is 379 g/mol. The van der Waals surface area contributed by atoms with Crippen molar-refractivity contribution in [2.45, 2.75) is 32.4 Å². The Morgan fingerprint density at radius 3 is 2.86 bits per heavy atom. The number of nitrogens with one attached hydrogen (secondary N) is 1. The van der Waals surface area contributed by atoms with Crippen LogP contribution in [0.3, 0.4) is 0 Å². The molecule has 1 fully saturated rings. The summed E-state index contributed by atoms with van der Waals surface area (Å²) < 4.78 is 20.8. The van der Waals surface area contributed by atoms with E-state index in [2.05, 4.69) is 15.4 Å². The van der Waals surface area contributed by atoms with Crippen LogP contribution in [0, 0.1) is 18.7 Å². The molecule has 3 aromatic rings. The first kappa shape index (κ1) is 18.8. The Hall–Kier alpha value is -2.58. The Labute approximate surface area is 166 Å². The van der Waals surface area contributed by atoms with Crippen LogP contribution in [0.1, 0.15) is 41.9 Å². The first-order chi connectivity index (χ1) is 13.5. The fourth-order valence-electron chi connectivity index (χ4n) is 3.43. The van der Waals surface area contributed by atoms with E-state index >= 15 is 0 Å². The van der Waals surface area contributed by atoms with Crippen molar-refractivity contribution in [2.75, 3.05) is 6.61 Å². The zero-order valence-electron chi connectivity index (χ0n) is 15.6. The highest BCUT2D eigenvalue weighted by Gasteiger charge is 2.38. The minimum atomic E-state index is -0.405. The number of carbonyl (C=O) groups excluding carboxylic acids is 1. The van der Waals surface area contributed by atoms with E-state index in [1.807, 2.05) is 25.3 Å². The van der Waals surface area contributed by atoms with Gasteiger partial charge in [-0.25, -0.2) is 14.1 Å². The zero-order chi connectivity index (χ0) is 19.7. The monoisotopic (exact) mass is 400 g/mol. The third-order valence-corrected chi connectivity index (χ3v) is 5.97. The van der Waals surface area contributed by atoms with Gasteiger partial charge in [0.2, 0.25) is 5.91 Å². The third-order valence-electron chi connectivity index (χ3n) is 4.83. The van der Waals surface area contributed by atoms with Crippen molar-refractivity contribution in [3.63, 3.8) is 0 Å². The summed E-state index contributed by atoms with van der Waals surface area (Å²) in [6.45, 7) is 4.37. The predicted molar refractivity (Wildman–Crippen MR) is 104 cm³/mol. The number of aromatic nitrogens is 3. The van der Waals surface area contributed by atoms with Gasteiger partial charge in [-0.1, -0.05) is 0 Å². The molecule has 3 heterocycles. The molecule has 1 saturated heterocycles. The molecule has 0 aliphatic carbocycles. The normalized spacial score (nSPS) is 20.2. The molecule has 28 heavy (non-hydrogen) atoms. The first-order valence-corrected chi connectivity index (χ1v) is 10.0. The van der Waals surface area contributed by atoms with Crippen LogP contribution in [0.4, 0.5) is 4.39 Å². The second-order valence-electron chi connectivity index (χ2n) is 6.89. The van der Waals surface area contributed by atoms with Gasteiger partial charge in [0, 0.05) is 23.9 Å². The fourth-order valence-corrected chi connectivity index (χ4v) is 4.23. The number of halogens is 1. The van der Waals surface area contributed by atoms with Gasteiger partial charge >= 0.3 is 0 Å². The van der Waals surface area contributed by atoms with Gasteiger partial charge in [-0.05, 0) is 50.6 Å². The number of thiazole rings is 1. The van der Waals surface area contributed by atoms with Crippen molar-refractivity contribution in [1.82, 2.24) is 20.1 Å². The lowest BCUT2D eigenvalue weighted by atomic mass is 9.97. The van der Waals surface area contributed by atoms with E-state index < -0.39 is 6.10 Å². The van der Waals surface area contributed by atoms with Crippen LogP contribution in [0.15, 0.2) is 41.9 Å². The molecule has 146 valence electrons. The molecule has 0 saturated carbocycles. The fraction of sp³-hybridized carbons (Fsp3) is 0.350. The molecule has 0 radical (unpaired) electrons. The van der Waals surface area contributed by atoms with Gasteiger partial charge < -0.3 is 10.1 Å². The Morgan fingerprint density at radius 1 is 1.36 bits per heavy atom. The largest absolute Gasteiger partial charge is 0.371 e. The smallest absolute Gasteiger partial charge is 0.226 e. The van der Waals surface area contributed by atoms with E-state index in [1.165, 1.54) is 23.5 Å². The highest BCUT2D eigenvalue weighted by atomic mass is 32.1. The van der Waals surface area contributed by atoms with Gasteiger partial charge in [-0.3, -0.25) is 4.79 Å². The Kier molecular flexibility index (Phi) is 5.23. The second-order valence-corrected chi connectivity index (χ2v) is 7.78. The van der Waals surface area contributed by atoms with Gasteiger partial charge in [0.05, 0.1) is 23.3 Å². The summed E-state index contributed by atoms with van der Waals surface area (Å²) in [5.74, 6) is -0.688. The Bertz CT molecular complexity index is 969. The van der Waals surface area contributed by atoms with Crippen LogP contribution in [0.5, 0.6) is 0 Å². The van der Waals surface area contributed by atoms with Gasteiger partial charge in [0.1, 0.15) is 16.9 Å². The van der Waals surface area contributed by atoms with Crippen molar-refractivity contribution < 1.29 is 13.9 Å². The van der Waals surface area contributed by atoms with E-state index in [0.29, 0.717) is 13.0 Å². The maximum Gasteiger partial charge on any atom is 0.226 e. The number of ether oxygens (including phenoxy) is 1. The van der Waals surface area contributed by atoms with Crippen LogP contribution < -0.4 is 5.32 Å². The molecule has 4 rings (SSSR count). The predicted octanol–water partition coefficient (Wildman–Crippen LogP) is 3.73. The summed E-state index contributed by atoms with van der Waals surface area (Å²) in [6, 6.07) is 7.77. The summed E-state index contributed by atoms with van der Waals surface area (Å²) in [5.41, 5.74) is 2.45. The van der Waals surface area contributed by atoms with Crippen molar-refractivity contribution >= 4 is 17.2 Å². The number of aryl methyl sites for hydroxylation is 1. The van der Waals surface area contributed by atoms with Crippen LogP contribution in [-0.2, 0) is 9.53 Å². The first-order valence-electron chi connectivity index (χ1n) is 9.17. The third kappa shape index (κ3) is 3.70. The maximum absolute atomic E-state index is 13.2. The molecule has 3 atom stereocenters. The van der Waals surface area contributed by atoms with Gasteiger partial charge in [-0.15, -0.1) is 11.3 Å². The van der Waals surface area contributed by atoms with E-state index in [9.17, 15) is 9.18 Å². The quantitative estimate of drug-likeness (QED) is 0.709. The number of hydrogen-bond donors (Lipinski definition) is 1. The number of nitrogens with zero attached hydrogens (tertiary/aromatic N) is 3. The van der Waals surface area contributed by atoms with Gasteiger partial charge in [-0.2, -0.15) is 5.10 Å². The molecule has 1 aromatic carbocycles. The minimum Gasteiger partial charge on any atom is -0.371 e.